The van der Waals surface area contributed by atoms with Gasteiger partial charge in [-0.25, -0.2) is 9.67 Å². The molecule has 9 nitrogen and oxygen atoms in total. The molecule has 2 amide bonds. The van der Waals surface area contributed by atoms with Gasteiger partial charge in [0.05, 0.1) is 5.69 Å². The Balaban J connectivity index is 1.35. The quantitative estimate of drug-likeness (QED) is 0.397. The number of rotatable bonds is 6. The van der Waals surface area contributed by atoms with E-state index in [1.165, 1.54) is 23.1 Å². The van der Waals surface area contributed by atoms with Crippen molar-refractivity contribution in [3.8, 4) is 5.69 Å². The fourth-order valence-electron chi connectivity index (χ4n) is 5.99. The molecule has 2 aromatic carbocycles. The minimum Gasteiger partial charge on any atom is -0.383 e. The highest BCUT2D eigenvalue weighted by molar-refractivity contribution is 6.09. The third kappa shape index (κ3) is 4.42. The van der Waals surface area contributed by atoms with Crippen LogP contribution in [-0.4, -0.2) is 57.7 Å². The molecule has 6 rings (SSSR count). The Morgan fingerprint density at radius 1 is 1.00 bits per heavy atom. The number of fused-ring (bicyclic) bond motifs is 2. The fourth-order valence-corrected chi connectivity index (χ4v) is 5.99. The predicted molar refractivity (Wildman–Crippen MR) is 152 cm³/mol. The van der Waals surface area contributed by atoms with E-state index in [2.05, 4.69) is 41.0 Å². The highest BCUT2D eigenvalue weighted by atomic mass is 16.2. The standard InChI is InChI=1S/C30H33N7O2/c1-30(2,18-35-14-3-4-15-35)20-6-9-21(10-7-20)36-16-12-23-25(28(32)38)34-37(26(23)29(36)39)22-8-5-19-11-13-33-27(31)24(19)17-22/h5-11,13,17H,3-4,12,14-16,18H2,1-2H3,(H2,31,33)(H2,32,38). The number of nitrogens with zero attached hydrogens (tertiary/aromatic N) is 5. The number of pyridine rings is 1. The molecule has 0 spiro atoms. The van der Waals surface area contributed by atoms with Gasteiger partial charge in [0.25, 0.3) is 11.8 Å². The second-order valence-electron chi connectivity index (χ2n) is 11.2. The summed E-state index contributed by atoms with van der Waals surface area (Å²) in [5.74, 6) is -0.497. The highest BCUT2D eigenvalue weighted by Gasteiger charge is 2.35. The van der Waals surface area contributed by atoms with Gasteiger partial charge in [-0.1, -0.05) is 32.0 Å². The summed E-state index contributed by atoms with van der Waals surface area (Å²) in [5, 5.41) is 6.16. The summed E-state index contributed by atoms with van der Waals surface area (Å²) in [4.78, 5) is 34.7. The van der Waals surface area contributed by atoms with Gasteiger partial charge in [-0.3, -0.25) is 9.59 Å². The summed E-state index contributed by atoms with van der Waals surface area (Å²) in [5.41, 5.74) is 15.5. The molecule has 39 heavy (non-hydrogen) atoms. The van der Waals surface area contributed by atoms with Crippen molar-refractivity contribution in [2.24, 2.45) is 5.73 Å². The Labute approximate surface area is 227 Å². The molecule has 1 saturated heterocycles. The summed E-state index contributed by atoms with van der Waals surface area (Å²) in [6, 6.07) is 15.7. The van der Waals surface area contributed by atoms with Crippen molar-refractivity contribution in [2.45, 2.75) is 38.5 Å². The molecule has 4 N–H and O–H groups in total. The molecule has 0 aliphatic carbocycles. The van der Waals surface area contributed by atoms with Gasteiger partial charge in [0.1, 0.15) is 11.5 Å². The highest BCUT2D eigenvalue weighted by Crippen LogP contribution is 2.32. The zero-order valence-electron chi connectivity index (χ0n) is 22.4. The molecule has 0 radical (unpaired) electrons. The average Bonchev–Trinajstić information content (AvgIpc) is 3.57. The van der Waals surface area contributed by atoms with Crippen LogP contribution in [-0.2, 0) is 11.8 Å². The number of benzene rings is 2. The molecule has 2 aromatic heterocycles. The summed E-state index contributed by atoms with van der Waals surface area (Å²) < 4.78 is 1.52. The van der Waals surface area contributed by atoms with E-state index in [-0.39, 0.29) is 17.0 Å². The van der Waals surface area contributed by atoms with Crippen LogP contribution in [0, 0.1) is 0 Å². The Bertz CT molecular complexity index is 1580. The number of nitrogens with two attached hydrogens (primary N) is 2. The Morgan fingerprint density at radius 2 is 1.72 bits per heavy atom. The molecule has 1 fully saturated rings. The lowest BCUT2D eigenvalue weighted by atomic mass is 9.84. The summed E-state index contributed by atoms with van der Waals surface area (Å²) in [6.45, 7) is 8.31. The van der Waals surface area contributed by atoms with Gasteiger partial charge in [-0.15, -0.1) is 0 Å². The number of aromatic nitrogens is 3. The molecule has 2 aliphatic rings. The van der Waals surface area contributed by atoms with Crippen molar-refractivity contribution < 1.29 is 9.59 Å². The molecule has 0 atom stereocenters. The molecular formula is C30H33N7O2. The number of hydrogen-bond acceptors (Lipinski definition) is 6. The van der Waals surface area contributed by atoms with Gasteiger partial charge in [0.15, 0.2) is 5.69 Å². The molecule has 0 bridgehead atoms. The predicted octanol–water partition coefficient (Wildman–Crippen LogP) is 3.68. The van der Waals surface area contributed by atoms with E-state index >= 15 is 0 Å². The fraction of sp³-hybridized carbons (Fsp3) is 0.333. The lowest BCUT2D eigenvalue weighted by Crippen LogP contribution is -2.39. The van der Waals surface area contributed by atoms with Crippen LogP contribution in [0.1, 0.15) is 58.8 Å². The van der Waals surface area contributed by atoms with Crippen LogP contribution in [0.3, 0.4) is 0 Å². The summed E-state index contributed by atoms with van der Waals surface area (Å²) in [6.07, 6.45) is 4.66. The summed E-state index contributed by atoms with van der Waals surface area (Å²) in [7, 11) is 0. The van der Waals surface area contributed by atoms with Crippen molar-refractivity contribution in [1.82, 2.24) is 19.7 Å². The van der Waals surface area contributed by atoms with Gasteiger partial charge in [0.2, 0.25) is 0 Å². The second kappa shape index (κ2) is 9.50. The molecule has 4 heterocycles. The summed E-state index contributed by atoms with van der Waals surface area (Å²) >= 11 is 0. The number of anilines is 2. The first-order valence-electron chi connectivity index (χ1n) is 13.4. The zero-order valence-corrected chi connectivity index (χ0v) is 22.4. The molecule has 200 valence electrons. The van der Waals surface area contributed by atoms with E-state index in [9.17, 15) is 9.59 Å². The molecular weight excluding hydrogens is 490 g/mol. The molecule has 4 aromatic rings. The normalized spacial score (nSPS) is 16.2. The largest absolute Gasteiger partial charge is 0.383 e. The number of carbonyl (C=O) groups is 2. The van der Waals surface area contributed by atoms with Crippen molar-refractivity contribution in [1.29, 1.82) is 0 Å². The van der Waals surface area contributed by atoms with Crippen LogP contribution in [0.2, 0.25) is 0 Å². The van der Waals surface area contributed by atoms with Crippen LogP contribution < -0.4 is 16.4 Å². The first-order valence-corrected chi connectivity index (χ1v) is 13.4. The minimum atomic E-state index is -0.655. The van der Waals surface area contributed by atoms with Gasteiger partial charge >= 0.3 is 0 Å². The third-order valence-corrected chi connectivity index (χ3v) is 8.05. The monoisotopic (exact) mass is 523 g/mol. The van der Waals surface area contributed by atoms with E-state index in [4.69, 9.17) is 11.5 Å². The third-order valence-electron chi connectivity index (χ3n) is 8.05. The maximum Gasteiger partial charge on any atom is 0.277 e. The number of hydrogen-bond donors (Lipinski definition) is 2. The van der Waals surface area contributed by atoms with Crippen LogP contribution in [0.25, 0.3) is 16.5 Å². The number of carbonyl (C=O) groups excluding carboxylic acids is 2. The minimum absolute atomic E-state index is 0.00371. The van der Waals surface area contributed by atoms with E-state index in [0.29, 0.717) is 35.7 Å². The zero-order chi connectivity index (χ0) is 27.3. The SMILES string of the molecule is CC(C)(CN1CCCC1)c1ccc(N2CCc3c(C(N)=O)nn(-c4ccc5ccnc(N)c5c4)c3C2=O)cc1. The Hall–Kier alpha value is -4.24. The van der Waals surface area contributed by atoms with E-state index in [1.54, 1.807) is 11.1 Å². The number of nitrogen functional groups attached to an aromatic ring is 1. The van der Waals surface area contributed by atoms with Crippen LogP contribution in [0.4, 0.5) is 11.5 Å². The van der Waals surface area contributed by atoms with Crippen molar-refractivity contribution in [3.05, 3.63) is 77.2 Å². The second-order valence-corrected chi connectivity index (χ2v) is 11.2. The van der Waals surface area contributed by atoms with E-state index in [1.807, 2.05) is 36.4 Å². The van der Waals surface area contributed by atoms with Gasteiger partial charge in [-0.05, 0) is 73.6 Å². The first kappa shape index (κ1) is 25.1. The maximum atomic E-state index is 14.0. The van der Waals surface area contributed by atoms with E-state index in [0.717, 1.165) is 36.1 Å². The Morgan fingerprint density at radius 3 is 2.44 bits per heavy atom. The van der Waals surface area contributed by atoms with Gasteiger partial charge < -0.3 is 21.3 Å². The molecule has 0 saturated carbocycles. The van der Waals surface area contributed by atoms with Crippen molar-refractivity contribution >= 4 is 34.1 Å². The average molecular weight is 524 g/mol. The molecule has 0 unspecified atom stereocenters. The van der Waals surface area contributed by atoms with Crippen LogP contribution >= 0.6 is 0 Å². The van der Waals surface area contributed by atoms with Crippen molar-refractivity contribution in [3.63, 3.8) is 0 Å². The molecule has 2 aliphatic heterocycles. The molecule has 9 heteroatoms. The number of primary amides is 1. The van der Waals surface area contributed by atoms with Gasteiger partial charge in [-0.2, -0.15) is 5.10 Å². The lowest BCUT2D eigenvalue weighted by Gasteiger charge is -2.32. The maximum absolute atomic E-state index is 14.0. The lowest BCUT2D eigenvalue weighted by molar-refractivity contribution is 0.0972. The smallest absolute Gasteiger partial charge is 0.277 e. The van der Waals surface area contributed by atoms with Gasteiger partial charge in [0, 0.05) is 41.3 Å². The number of likely N-dealkylation sites (tertiary alicyclic amines) is 1. The Kier molecular flexibility index (Phi) is 6.10. The van der Waals surface area contributed by atoms with Crippen LogP contribution in [0.15, 0.2) is 54.7 Å². The van der Waals surface area contributed by atoms with Crippen LogP contribution in [0.5, 0.6) is 0 Å². The van der Waals surface area contributed by atoms with Crippen molar-refractivity contribution in [2.75, 3.05) is 36.8 Å². The van der Waals surface area contributed by atoms with E-state index < -0.39 is 5.91 Å². The topological polar surface area (TPSA) is 123 Å². The first-order chi connectivity index (χ1) is 18.7. The number of amides is 2.